The fraction of sp³-hybridized carbons (Fsp3) is 0.250. The lowest BCUT2D eigenvalue weighted by molar-refractivity contribution is -0.139. The third kappa shape index (κ3) is 3.22. The Labute approximate surface area is 149 Å². The Bertz CT molecular complexity index is 859. The maximum absolute atomic E-state index is 14.6. The molecule has 1 atom stereocenters. The number of hydrogen-bond acceptors (Lipinski definition) is 5. The van der Waals surface area contributed by atoms with Crippen molar-refractivity contribution in [2.45, 2.75) is 19.8 Å². The number of nitriles is 1. The van der Waals surface area contributed by atoms with Gasteiger partial charge in [0.15, 0.2) is 11.6 Å². The Hall–Kier alpha value is -2.47. The Kier molecular flexibility index (Phi) is 5.42. The predicted octanol–water partition coefficient (Wildman–Crippen LogP) is 3.51. The van der Waals surface area contributed by atoms with Gasteiger partial charge in [-0.25, -0.2) is 18.0 Å². The lowest BCUT2D eigenvalue weighted by Crippen LogP contribution is -2.26. The van der Waals surface area contributed by atoms with E-state index < -0.39 is 39.4 Å². The first kappa shape index (κ1) is 18.9. The molecule has 1 aliphatic heterocycles. The van der Waals surface area contributed by atoms with Gasteiger partial charge in [0.2, 0.25) is 5.88 Å². The Morgan fingerprint density at radius 3 is 2.64 bits per heavy atom. The van der Waals surface area contributed by atoms with Crippen LogP contribution in [-0.4, -0.2) is 12.6 Å². The Morgan fingerprint density at radius 1 is 1.44 bits per heavy atom. The van der Waals surface area contributed by atoms with Crippen LogP contribution in [0.15, 0.2) is 33.3 Å². The van der Waals surface area contributed by atoms with Crippen molar-refractivity contribution in [3.63, 3.8) is 0 Å². The summed E-state index contributed by atoms with van der Waals surface area (Å²) in [7, 11) is 0. The van der Waals surface area contributed by atoms with Gasteiger partial charge >= 0.3 is 5.97 Å². The van der Waals surface area contributed by atoms with Crippen LogP contribution < -0.4 is 5.73 Å². The summed E-state index contributed by atoms with van der Waals surface area (Å²) in [5, 5.41) is 9.35. The average molecular weight is 417 g/mol. The SMILES string of the molecule is CCOC(=O)C1=C(C)OC(N)=C(C#N)C1c1cc(F)c(F)c(Br)c1F. The van der Waals surface area contributed by atoms with Crippen molar-refractivity contribution in [3.05, 3.63) is 56.3 Å². The van der Waals surface area contributed by atoms with E-state index >= 15 is 0 Å². The average Bonchev–Trinajstić information content (AvgIpc) is 2.55. The van der Waals surface area contributed by atoms with Gasteiger partial charge in [0, 0.05) is 5.56 Å². The third-order valence-electron chi connectivity index (χ3n) is 3.54. The number of nitrogens with two attached hydrogens (primary N) is 1. The van der Waals surface area contributed by atoms with Gasteiger partial charge in [-0.3, -0.25) is 0 Å². The minimum Gasteiger partial charge on any atom is -0.463 e. The molecule has 9 heteroatoms. The van der Waals surface area contributed by atoms with Crippen LogP contribution >= 0.6 is 15.9 Å². The molecule has 0 aliphatic carbocycles. The van der Waals surface area contributed by atoms with Gasteiger partial charge in [0.1, 0.15) is 23.2 Å². The molecule has 2 N–H and O–H groups in total. The molecule has 0 spiro atoms. The number of rotatable bonds is 3. The van der Waals surface area contributed by atoms with Gasteiger partial charge in [0.05, 0.1) is 22.6 Å². The third-order valence-corrected chi connectivity index (χ3v) is 4.24. The molecule has 1 aromatic carbocycles. The van der Waals surface area contributed by atoms with E-state index in [1.165, 1.54) is 6.92 Å². The molecule has 1 aliphatic rings. The zero-order valence-electron chi connectivity index (χ0n) is 13.1. The summed E-state index contributed by atoms with van der Waals surface area (Å²) in [5.74, 6) is -6.62. The summed E-state index contributed by atoms with van der Waals surface area (Å²) in [6.45, 7) is 2.93. The Morgan fingerprint density at radius 2 is 2.08 bits per heavy atom. The highest BCUT2D eigenvalue weighted by atomic mass is 79.9. The van der Waals surface area contributed by atoms with Gasteiger partial charge in [-0.15, -0.1) is 0 Å². The number of nitrogens with zero attached hydrogens (tertiary/aromatic N) is 1. The molecule has 132 valence electrons. The summed E-state index contributed by atoms with van der Waals surface area (Å²) in [4.78, 5) is 12.3. The fourth-order valence-electron chi connectivity index (χ4n) is 2.47. The molecule has 0 radical (unpaired) electrons. The van der Waals surface area contributed by atoms with Crippen molar-refractivity contribution < 1.29 is 27.4 Å². The van der Waals surface area contributed by atoms with Crippen LogP contribution in [0.4, 0.5) is 13.2 Å². The molecule has 0 bridgehead atoms. The van der Waals surface area contributed by atoms with E-state index in [2.05, 4.69) is 15.9 Å². The second-order valence-electron chi connectivity index (χ2n) is 5.00. The van der Waals surface area contributed by atoms with Crippen LogP contribution in [0.1, 0.15) is 25.3 Å². The number of hydrogen-bond donors (Lipinski definition) is 1. The number of halogens is 4. The molecule has 5 nitrogen and oxygen atoms in total. The van der Waals surface area contributed by atoms with E-state index in [9.17, 15) is 23.2 Å². The van der Waals surface area contributed by atoms with Crippen molar-refractivity contribution in [1.82, 2.24) is 0 Å². The van der Waals surface area contributed by atoms with Crippen LogP contribution in [0.2, 0.25) is 0 Å². The standard InChI is InChI=1S/C16H12BrF3N2O3/c1-3-24-16(23)10-6(2)25-15(22)8(5-21)11(10)7-4-9(18)14(20)12(17)13(7)19/h4,11H,3,22H2,1-2H3. The summed E-state index contributed by atoms with van der Waals surface area (Å²) >= 11 is 2.62. The number of ether oxygens (including phenoxy) is 2. The molecule has 2 rings (SSSR count). The van der Waals surface area contributed by atoms with Crippen LogP contribution in [0, 0.1) is 28.8 Å². The number of benzene rings is 1. The monoisotopic (exact) mass is 416 g/mol. The molecular weight excluding hydrogens is 405 g/mol. The largest absolute Gasteiger partial charge is 0.463 e. The normalized spacial score (nSPS) is 17.2. The topological polar surface area (TPSA) is 85.3 Å². The second kappa shape index (κ2) is 7.19. The van der Waals surface area contributed by atoms with Crippen LogP contribution in [0.25, 0.3) is 0 Å². The molecule has 1 unspecified atom stereocenters. The highest BCUT2D eigenvalue weighted by Crippen LogP contribution is 2.42. The summed E-state index contributed by atoms with van der Waals surface area (Å²) in [5.41, 5.74) is 4.67. The first-order valence-electron chi connectivity index (χ1n) is 7.02. The van der Waals surface area contributed by atoms with Gasteiger partial charge in [0.25, 0.3) is 0 Å². The fourth-order valence-corrected chi connectivity index (χ4v) is 2.89. The van der Waals surface area contributed by atoms with E-state index in [0.29, 0.717) is 6.07 Å². The van der Waals surface area contributed by atoms with Gasteiger partial charge in [-0.1, -0.05) is 0 Å². The van der Waals surface area contributed by atoms with Crippen molar-refractivity contribution >= 4 is 21.9 Å². The molecular formula is C16H12BrF3N2O3. The Balaban J connectivity index is 2.78. The zero-order chi connectivity index (χ0) is 18.9. The minimum atomic E-state index is -1.43. The minimum absolute atomic E-state index is 0.00731. The van der Waals surface area contributed by atoms with Gasteiger partial charge < -0.3 is 15.2 Å². The van der Waals surface area contributed by atoms with Crippen molar-refractivity contribution in [1.29, 1.82) is 5.26 Å². The van der Waals surface area contributed by atoms with Crippen molar-refractivity contribution in [2.75, 3.05) is 6.61 Å². The maximum Gasteiger partial charge on any atom is 0.338 e. The van der Waals surface area contributed by atoms with E-state index in [-0.39, 0.29) is 29.4 Å². The molecule has 0 fully saturated rings. The first-order chi connectivity index (χ1) is 11.7. The summed E-state index contributed by atoms with van der Waals surface area (Å²) in [6.07, 6.45) is 0. The maximum atomic E-state index is 14.6. The number of carbonyl (C=O) groups is 1. The van der Waals surface area contributed by atoms with Crippen molar-refractivity contribution in [3.8, 4) is 6.07 Å². The number of allylic oxidation sites excluding steroid dienone is 2. The van der Waals surface area contributed by atoms with E-state index in [0.717, 1.165) is 0 Å². The quantitative estimate of drug-likeness (QED) is 0.462. The predicted molar refractivity (Wildman–Crippen MR) is 84.0 cm³/mol. The van der Waals surface area contributed by atoms with E-state index in [1.54, 1.807) is 13.0 Å². The van der Waals surface area contributed by atoms with Crippen molar-refractivity contribution in [2.24, 2.45) is 5.73 Å². The number of carbonyl (C=O) groups excluding carboxylic acids is 1. The molecule has 1 aromatic rings. The van der Waals surface area contributed by atoms with Crippen LogP contribution in [0.5, 0.6) is 0 Å². The van der Waals surface area contributed by atoms with E-state index in [1.807, 2.05) is 0 Å². The smallest absolute Gasteiger partial charge is 0.338 e. The molecule has 0 saturated heterocycles. The van der Waals surface area contributed by atoms with Crippen LogP contribution in [0.3, 0.4) is 0 Å². The number of esters is 1. The lowest BCUT2D eigenvalue weighted by Gasteiger charge is -2.27. The summed E-state index contributed by atoms with van der Waals surface area (Å²) < 4.78 is 51.2. The highest BCUT2D eigenvalue weighted by Gasteiger charge is 2.39. The first-order valence-corrected chi connectivity index (χ1v) is 7.82. The molecule has 25 heavy (non-hydrogen) atoms. The summed E-state index contributed by atoms with van der Waals surface area (Å²) in [6, 6.07) is 2.29. The van der Waals surface area contributed by atoms with Gasteiger partial charge in [-0.05, 0) is 35.8 Å². The molecule has 0 saturated carbocycles. The van der Waals surface area contributed by atoms with Gasteiger partial charge in [-0.2, -0.15) is 5.26 Å². The molecule has 0 amide bonds. The van der Waals surface area contributed by atoms with E-state index in [4.69, 9.17) is 15.2 Å². The second-order valence-corrected chi connectivity index (χ2v) is 5.80. The lowest BCUT2D eigenvalue weighted by atomic mass is 9.82. The molecule has 1 heterocycles. The van der Waals surface area contributed by atoms with Crippen LogP contribution in [-0.2, 0) is 14.3 Å². The highest BCUT2D eigenvalue weighted by molar-refractivity contribution is 9.10. The zero-order valence-corrected chi connectivity index (χ0v) is 14.7. The molecule has 0 aromatic heterocycles.